The highest BCUT2D eigenvalue weighted by molar-refractivity contribution is 7.89. The zero-order chi connectivity index (χ0) is 18.3. The molecule has 0 atom stereocenters. The molecule has 0 radical (unpaired) electrons. The van der Waals surface area contributed by atoms with E-state index in [9.17, 15) is 17.2 Å². The number of methoxy groups -OCH3 is 1. The highest BCUT2D eigenvalue weighted by atomic mass is 32.2. The average Bonchev–Trinajstić information content (AvgIpc) is 2.58. The molecule has 0 aliphatic rings. The summed E-state index contributed by atoms with van der Waals surface area (Å²) < 4.78 is 58.3. The van der Waals surface area contributed by atoms with Gasteiger partial charge in [0.1, 0.15) is 11.6 Å². The number of rotatable bonds is 9. The SMILES string of the molecule is COCCNS(=O)(=O)c1ccc(CNCc2c(F)cccc2F)cc1. The van der Waals surface area contributed by atoms with E-state index in [-0.39, 0.29) is 30.2 Å². The molecular weight excluding hydrogens is 350 g/mol. The second-order valence-electron chi connectivity index (χ2n) is 5.34. The van der Waals surface area contributed by atoms with Crippen molar-refractivity contribution < 1.29 is 21.9 Å². The maximum absolute atomic E-state index is 13.5. The average molecular weight is 370 g/mol. The van der Waals surface area contributed by atoms with Crippen molar-refractivity contribution in [2.45, 2.75) is 18.0 Å². The van der Waals surface area contributed by atoms with Crippen LogP contribution in [0.5, 0.6) is 0 Å². The van der Waals surface area contributed by atoms with Crippen LogP contribution in [0, 0.1) is 11.6 Å². The van der Waals surface area contributed by atoms with Gasteiger partial charge in [0.25, 0.3) is 0 Å². The summed E-state index contributed by atoms with van der Waals surface area (Å²) in [6, 6.07) is 9.98. The van der Waals surface area contributed by atoms with Crippen molar-refractivity contribution in [3.8, 4) is 0 Å². The lowest BCUT2D eigenvalue weighted by atomic mass is 10.2. The molecule has 2 aromatic carbocycles. The van der Waals surface area contributed by atoms with E-state index in [2.05, 4.69) is 10.0 Å². The van der Waals surface area contributed by atoms with Crippen molar-refractivity contribution >= 4 is 10.0 Å². The Morgan fingerprint density at radius 2 is 1.64 bits per heavy atom. The van der Waals surface area contributed by atoms with Crippen molar-refractivity contribution in [3.63, 3.8) is 0 Å². The topological polar surface area (TPSA) is 67.4 Å². The Balaban J connectivity index is 1.92. The molecule has 2 rings (SSSR count). The standard InChI is InChI=1S/C17H20F2N2O3S/c1-24-10-9-21-25(22,23)14-7-5-13(6-8-14)11-20-12-15-16(18)3-2-4-17(15)19/h2-8,20-21H,9-12H2,1H3. The van der Waals surface area contributed by atoms with Gasteiger partial charge >= 0.3 is 0 Å². The molecule has 136 valence electrons. The molecule has 0 aliphatic carbocycles. The molecule has 0 unspecified atom stereocenters. The first kappa shape index (κ1) is 19.5. The molecule has 0 amide bonds. The van der Waals surface area contributed by atoms with Crippen molar-refractivity contribution in [1.82, 2.24) is 10.0 Å². The van der Waals surface area contributed by atoms with Crippen LogP contribution in [-0.4, -0.2) is 28.7 Å². The van der Waals surface area contributed by atoms with Gasteiger partial charge in [0.05, 0.1) is 11.5 Å². The van der Waals surface area contributed by atoms with E-state index in [1.807, 2.05) is 0 Å². The zero-order valence-electron chi connectivity index (χ0n) is 13.8. The van der Waals surface area contributed by atoms with Gasteiger partial charge in [0, 0.05) is 32.3 Å². The highest BCUT2D eigenvalue weighted by Gasteiger charge is 2.13. The first-order valence-electron chi connectivity index (χ1n) is 7.65. The van der Waals surface area contributed by atoms with E-state index in [1.165, 1.54) is 37.4 Å². The fourth-order valence-corrected chi connectivity index (χ4v) is 3.19. The number of benzene rings is 2. The maximum Gasteiger partial charge on any atom is 0.240 e. The van der Waals surface area contributed by atoms with Gasteiger partial charge in [-0.2, -0.15) is 0 Å². The summed E-state index contributed by atoms with van der Waals surface area (Å²) in [4.78, 5) is 0.146. The molecule has 0 aromatic heterocycles. The Hall–Kier alpha value is -1.87. The van der Waals surface area contributed by atoms with Crippen LogP contribution in [0.15, 0.2) is 47.4 Å². The van der Waals surface area contributed by atoms with E-state index in [0.29, 0.717) is 6.54 Å². The van der Waals surface area contributed by atoms with E-state index in [0.717, 1.165) is 5.56 Å². The second-order valence-corrected chi connectivity index (χ2v) is 7.11. The van der Waals surface area contributed by atoms with Gasteiger partial charge < -0.3 is 10.1 Å². The van der Waals surface area contributed by atoms with Gasteiger partial charge in [-0.1, -0.05) is 18.2 Å². The second kappa shape index (κ2) is 9.00. The summed E-state index contributed by atoms with van der Waals surface area (Å²) in [5, 5.41) is 2.94. The molecule has 0 saturated carbocycles. The molecule has 0 spiro atoms. The van der Waals surface area contributed by atoms with Crippen LogP contribution in [0.3, 0.4) is 0 Å². The quantitative estimate of drug-likeness (QED) is 0.664. The normalized spacial score (nSPS) is 11.6. The third-order valence-corrected chi connectivity index (χ3v) is 5.00. The molecule has 0 fully saturated rings. The predicted octanol–water partition coefficient (Wildman–Crippen LogP) is 2.18. The predicted molar refractivity (Wildman–Crippen MR) is 90.4 cm³/mol. The number of hydrogen-bond acceptors (Lipinski definition) is 4. The van der Waals surface area contributed by atoms with Crippen LogP contribution in [0.4, 0.5) is 8.78 Å². The van der Waals surface area contributed by atoms with Gasteiger partial charge in [-0.25, -0.2) is 21.9 Å². The molecule has 0 bridgehead atoms. The number of ether oxygens (including phenoxy) is 1. The highest BCUT2D eigenvalue weighted by Crippen LogP contribution is 2.13. The van der Waals surface area contributed by atoms with Crippen LogP contribution in [-0.2, 0) is 27.8 Å². The van der Waals surface area contributed by atoms with Gasteiger partial charge in [0.2, 0.25) is 10.0 Å². The molecule has 5 nitrogen and oxygen atoms in total. The number of hydrogen-bond donors (Lipinski definition) is 2. The summed E-state index contributed by atoms with van der Waals surface area (Å²) in [5.41, 5.74) is 0.775. The van der Waals surface area contributed by atoms with E-state index in [1.54, 1.807) is 12.1 Å². The van der Waals surface area contributed by atoms with Crippen LogP contribution < -0.4 is 10.0 Å². The molecule has 2 N–H and O–H groups in total. The minimum Gasteiger partial charge on any atom is -0.383 e. The molecule has 0 aliphatic heterocycles. The fraction of sp³-hybridized carbons (Fsp3) is 0.294. The summed E-state index contributed by atoms with van der Waals surface area (Å²) in [7, 11) is -2.08. The van der Waals surface area contributed by atoms with Crippen LogP contribution in [0.2, 0.25) is 0 Å². The largest absolute Gasteiger partial charge is 0.383 e. The molecule has 0 saturated heterocycles. The van der Waals surface area contributed by atoms with Crippen molar-refractivity contribution in [2.24, 2.45) is 0 Å². The van der Waals surface area contributed by atoms with Gasteiger partial charge in [-0.3, -0.25) is 0 Å². The first-order valence-corrected chi connectivity index (χ1v) is 9.13. The van der Waals surface area contributed by atoms with Crippen molar-refractivity contribution in [1.29, 1.82) is 0 Å². The van der Waals surface area contributed by atoms with E-state index < -0.39 is 21.7 Å². The van der Waals surface area contributed by atoms with Crippen LogP contribution in [0.25, 0.3) is 0 Å². The lowest BCUT2D eigenvalue weighted by molar-refractivity contribution is 0.204. The van der Waals surface area contributed by atoms with Crippen molar-refractivity contribution in [3.05, 3.63) is 65.2 Å². The van der Waals surface area contributed by atoms with Crippen molar-refractivity contribution in [2.75, 3.05) is 20.3 Å². The monoisotopic (exact) mass is 370 g/mol. The van der Waals surface area contributed by atoms with E-state index >= 15 is 0 Å². The molecule has 25 heavy (non-hydrogen) atoms. The van der Waals surface area contributed by atoms with Gasteiger partial charge in [-0.05, 0) is 29.8 Å². The maximum atomic E-state index is 13.5. The van der Waals surface area contributed by atoms with Gasteiger partial charge in [0.15, 0.2) is 0 Å². The first-order chi connectivity index (χ1) is 11.9. The number of sulfonamides is 1. The number of nitrogens with one attached hydrogen (secondary N) is 2. The fourth-order valence-electron chi connectivity index (χ4n) is 2.18. The minimum absolute atomic E-state index is 0.0240. The van der Waals surface area contributed by atoms with E-state index in [4.69, 9.17) is 4.74 Å². The third-order valence-electron chi connectivity index (χ3n) is 3.52. The van der Waals surface area contributed by atoms with Crippen LogP contribution in [0.1, 0.15) is 11.1 Å². The lowest BCUT2D eigenvalue weighted by Crippen LogP contribution is -2.27. The summed E-state index contributed by atoms with van der Waals surface area (Å²) in [5.74, 6) is -1.20. The van der Waals surface area contributed by atoms with Gasteiger partial charge in [-0.15, -0.1) is 0 Å². The number of halogens is 2. The van der Waals surface area contributed by atoms with Crippen LogP contribution >= 0.6 is 0 Å². The Labute approximate surface area is 146 Å². The molecular formula is C17H20F2N2O3S. The summed E-state index contributed by atoms with van der Waals surface area (Å²) in [6.45, 7) is 0.868. The third kappa shape index (κ3) is 5.57. The lowest BCUT2D eigenvalue weighted by Gasteiger charge is -2.09. The Morgan fingerprint density at radius 3 is 2.24 bits per heavy atom. The minimum atomic E-state index is -3.57. The zero-order valence-corrected chi connectivity index (χ0v) is 14.6. The molecule has 0 heterocycles. The Bertz CT molecular complexity index is 776. The molecule has 2 aromatic rings. The Kier molecular flexibility index (Phi) is 7.01. The Morgan fingerprint density at radius 1 is 1.00 bits per heavy atom. The summed E-state index contributed by atoms with van der Waals surface area (Å²) >= 11 is 0. The summed E-state index contributed by atoms with van der Waals surface area (Å²) in [6.07, 6.45) is 0. The molecule has 8 heteroatoms. The smallest absolute Gasteiger partial charge is 0.240 e.